The van der Waals surface area contributed by atoms with Gasteiger partial charge in [-0.3, -0.25) is 4.79 Å². The third kappa shape index (κ3) is 6.96. The molecular formula is C13H25N3O4. The fourth-order valence-electron chi connectivity index (χ4n) is 1.84. The number of amides is 3. The average molecular weight is 287 g/mol. The minimum atomic E-state index is -1.18. The number of carbonyl (C=O) groups excluding carboxylic acids is 2. The van der Waals surface area contributed by atoms with Crippen LogP contribution in [0.15, 0.2) is 0 Å². The van der Waals surface area contributed by atoms with E-state index in [4.69, 9.17) is 10.8 Å². The lowest BCUT2D eigenvalue weighted by Gasteiger charge is -2.28. The third-order valence-electron chi connectivity index (χ3n) is 3.07. The van der Waals surface area contributed by atoms with E-state index in [9.17, 15) is 14.4 Å². The summed E-state index contributed by atoms with van der Waals surface area (Å²) in [6, 6.07) is -1.57. The number of carbonyl (C=O) groups is 3. The van der Waals surface area contributed by atoms with Crippen LogP contribution in [0.4, 0.5) is 4.79 Å². The van der Waals surface area contributed by atoms with Crippen molar-refractivity contribution >= 4 is 17.9 Å². The largest absolute Gasteiger partial charge is 0.480 e. The van der Waals surface area contributed by atoms with E-state index in [1.165, 1.54) is 4.90 Å². The van der Waals surface area contributed by atoms with E-state index in [0.717, 1.165) is 6.42 Å². The van der Waals surface area contributed by atoms with Crippen molar-refractivity contribution < 1.29 is 19.5 Å². The van der Waals surface area contributed by atoms with Gasteiger partial charge >= 0.3 is 12.0 Å². The Labute approximate surface area is 119 Å². The molecule has 2 atom stereocenters. The van der Waals surface area contributed by atoms with Crippen molar-refractivity contribution in [3.05, 3.63) is 0 Å². The lowest BCUT2D eigenvalue weighted by molar-refractivity contribution is -0.139. The van der Waals surface area contributed by atoms with E-state index < -0.39 is 23.9 Å². The van der Waals surface area contributed by atoms with Crippen molar-refractivity contribution in [3.8, 4) is 0 Å². The van der Waals surface area contributed by atoms with Gasteiger partial charge in [-0.2, -0.15) is 0 Å². The monoisotopic (exact) mass is 287 g/mol. The molecule has 0 bridgehead atoms. The van der Waals surface area contributed by atoms with Crippen LogP contribution in [0.5, 0.6) is 0 Å². The Balaban J connectivity index is 4.51. The summed E-state index contributed by atoms with van der Waals surface area (Å²) in [6.07, 6.45) is 0.730. The minimum Gasteiger partial charge on any atom is -0.480 e. The molecule has 0 rings (SSSR count). The molecule has 0 aliphatic rings. The Morgan fingerprint density at radius 2 is 1.80 bits per heavy atom. The zero-order chi connectivity index (χ0) is 15.9. The second kappa shape index (κ2) is 8.39. The van der Waals surface area contributed by atoms with Gasteiger partial charge < -0.3 is 21.1 Å². The molecule has 0 aliphatic carbocycles. The summed E-state index contributed by atoms with van der Waals surface area (Å²) in [5.74, 6) is -1.33. The molecule has 0 aromatic heterocycles. The van der Waals surface area contributed by atoms with E-state index in [-0.39, 0.29) is 18.9 Å². The number of hydrogen-bond donors (Lipinski definition) is 3. The Morgan fingerprint density at radius 1 is 1.25 bits per heavy atom. The first-order chi connectivity index (χ1) is 9.15. The number of nitrogens with one attached hydrogen (secondary N) is 1. The van der Waals surface area contributed by atoms with Gasteiger partial charge in [0.25, 0.3) is 0 Å². The van der Waals surface area contributed by atoms with Crippen LogP contribution in [0.1, 0.15) is 40.0 Å². The molecular weight excluding hydrogens is 262 g/mol. The zero-order valence-electron chi connectivity index (χ0n) is 12.5. The Morgan fingerprint density at radius 3 is 2.20 bits per heavy atom. The second-order valence-corrected chi connectivity index (χ2v) is 5.43. The van der Waals surface area contributed by atoms with Gasteiger partial charge in [0.2, 0.25) is 5.91 Å². The fraction of sp³-hybridized carbons (Fsp3) is 0.769. The second-order valence-electron chi connectivity index (χ2n) is 5.43. The highest BCUT2D eigenvalue weighted by molar-refractivity contribution is 5.83. The van der Waals surface area contributed by atoms with Gasteiger partial charge in [0.15, 0.2) is 0 Å². The lowest BCUT2D eigenvalue weighted by Crippen LogP contribution is -2.49. The van der Waals surface area contributed by atoms with Crippen LogP contribution in [0.3, 0.4) is 0 Å². The SMILES string of the molecule is CC(C)CC(C)N(C)C(=O)NC(CCC(N)=O)C(=O)O. The molecule has 0 spiro atoms. The summed E-state index contributed by atoms with van der Waals surface area (Å²) >= 11 is 0. The molecule has 0 fully saturated rings. The topological polar surface area (TPSA) is 113 Å². The molecule has 3 amide bonds. The summed E-state index contributed by atoms with van der Waals surface area (Å²) in [5.41, 5.74) is 4.98. The predicted molar refractivity (Wildman–Crippen MR) is 75.1 cm³/mol. The minimum absolute atomic E-state index is 0.000542. The highest BCUT2D eigenvalue weighted by Gasteiger charge is 2.24. The Kier molecular flexibility index (Phi) is 7.64. The number of primary amides is 1. The summed E-state index contributed by atoms with van der Waals surface area (Å²) in [7, 11) is 1.62. The highest BCUT2D eigenvalue weighted by atomic mass is 16.4. The van der Waals surface area contributed by atoms with Crippen molar-refractivity contribution in [1.29, 1.82) is 0 Å². The van der Waals surface area contributed by atoms with Crippen LogP contribution in [0, 0.1) is 5.92 Å². The van der Waals surface area contributed by atoms with Gasteiger partial charge in [0, 0.05) is 19.5 Å². The standard InChI is InChI=1S/C13H25N3O4/c1-8(2)7-9(3)16(4)13(20)15-10(12(18)19)5-6-11(14)17/h8-10H,5-7H2,1-4H3,(H2,14,17)(H,15,20)(H,18,19). The fourth-order valence-corrected chi connectivity index (χ4v) is 1.84. The molecule has 0 saturated carbocycles. The molecule has 0 saturated heterocycles. The number of nitrogens with two attached hydrogens (primary N) is 1. The van der Waals surface area contributed by atoms with Crippen LogP contribution in [0.2, 0.25) is 0 Å². The van der Waals surface area contributed by atoms with Gasteiger partial charge in [-0.15, -0.1) is 0 Å². The van der Waals surface area contributed by atoms with Gasteiger partial charge in [-0.25, -0.2) is 9.59 Å². The van der Waals surface area contributed by atoms with Gasteiger partial charge in [0.1, 0.15) is 6.04 Å². The van der Waals surface area contributed by atoms with Gasteiger partial charge in [-0.05, 0) is 25.7 Å². The maximum absolute atomic E-state index is 12.0. The summed E-state index contributed by atoms with van der Waals surface area (Å²) in [6.45, 7) is 6.00. The molecule has 2 unspecified atom stereocenters. The number of nitrogens with zero attached hydrogens (tertiary/aromatic N) is 1. The van der Waals surface area contributed by atoms with Crippen LogP contribution >= 0.6 is 0 Å². The summed E-state index contributed by atoms with van der Waals surface area (Å²) in [4.78, 5) is 35.1. The normalized spacial score (nSPS) is 13.7. The Bertz CT molecular complexity index is 358. The molecule has 0 heterocycles. The zero-order valence-corrected chi connectivity index (χ0v) is 12.5. The molecule has 0 aromatic rings. The maximum atomic E-state index is 12.0. The molecule has 0 radical (unpaired) electrons. The Hall–Kier alpha value is -1.79. The van der Waals surface area contributed by atoms with Crippen molar-refractivity contribution in [2.24, 2.45) is 11.7 Å². The molecule has 7 nitrogen and oxygen atoms in total. The van der Waals surface area contributed by atoms with Crippen molar-refractivity contribution in [1.82, 2.24) is 10.2 Å². The quantitative estimate of drug-likeness (QED) is 0.612. The van der Waals surface area contributed by atoms with E-state index in [1.807, 2.05) is 6.92 Å². The lowest BCUT2D eigenvalue weighted by atomic mass is 10.0. The van der Waals surface area contributed by atoms with E-state index >= 15 is 0 Å². The van der Waals surface area contributed by atoms with Gasteiger partial charge in [0.05, 0.1) is 0 Å². The first-order valence-electron chi connectivity index (χ1n) is 6.69. The first-order valence-corrected chi connectivity index (χ1v) is 6.69. The van der Waals surface area contributed by atoms with Crippen LogP contribution in [-0.4, -0.2) is 47.0 Å². The average Bonchev–Trinajstić information content (AvgIpc) is 2.31. The molecule has 7 heteroatoms. The molecule has 116 valence electrons. The number of urea groups is 1. The van der Waals surface area contributed by atoms with Crippen molar-refractivity contribution in [2.45, 2.75) is 52.1 Å². The summed E-state index contributed by atoms with van der Waals surface area (Å²) in [5, 5.41) is 11.4. The molecule has 0 aliphatic heterocycles. The molecule has 4 N–H and O–H groups in total. The number of aliphatic carboxylic acids is 1. The molecule has 20 heavy (non-hydrogen) atoms. The summed E-state index contributed by atoms with van der Waals surface area (Å²) < 4.78 is 0. The first kappa shape index (κ1) is 18.2. The maximum Gasteiger partial charge on any atom is 0.326 e. The molecule has 0 aromatic carbocycles. The number of rotatable bonds is 8. The highest BCUT2D eigenvalue weighted by Crippen LogP contribution is 2.10. The van der Waals surface area contributed by atoms with Crippen LogP contribution in [-0.2, 0) is 9.59 Å². The van der Waals surface area contributed by atoms with Crippen molar-refractivity contribution in [3.63, 3.8) is 0 Å². The van der Waals surface area contributed by atoms with Gasteiger partial charge in [-0.1, -0.05) is 13.8 Å². The number of hydrogen-bond acceptors (Lipinski definition) is 3. The number of carboxylic acid groups (broad SMARTS) is 1. The van der Waals surface area contributed by atoms with Crippen LogP contribution < -0.4 is 11.1 Å². The third-order valence-corrected chi connectivity index (χ3v) is 3.07. The smallest absolute Gasteiger partial charge is 0.326 e. The number of carboxylic acids is 1. The van der Waals surface area contributed by atoms with E-state index in [1.54, 1.807) is 7.05 Å². The van der Waals surface area contributed by atoms with E-state index in [0.29, 0.717) is 5.92 Å². The van der Waals surface area contributed by atoms with Crippen molar-refractivity contribution in [2.75, 3.05) is 7.05 Å². The van der Waals surface area contributed by atoms with Crippen LogP contribution in [0.25, 0.3) is 0 Å². The van der Waals surface area contributed by atoms with E-state index in [2.05, 4.69) is 19.2 Å². The predicted octanol–water partition coefficient (Wildman–Crippen LogP) is 0.781.